The molecule has 0 saturated heterocycles. The number of anilines is 1. The Bertz CT molecular complexity index is 754. The molecule has 0 aliphatic rings. The summed E-state index contributed by atoms with van der Waals surface area (Å²) in [5.41, 5.74) is -0.804. The van der Waals surface area contributed by atoms with Gasteiger partial charge >= 0.3 is 5.69 Å². The average molecular weight is 256 g/mol. The normalized spacial score (nSPS) is 9.63. The van der Waals surface area contributed by atoms with Crippen LogP contribution < -0.4 is 16.6 Å². The lowest BCUT2D eigenvalue weighted by atomic mass is 10.2. The number of nitrogens with zero attached hydrogens (tertiary/aromatic N) is 1. The minimum Gasteiger partial charge on any atom is -0.321 e. The monoisotopic (exact) mass is 256 g/mol. The summed E-state index contributed by atoms with van der Waals surface area (Å²) in [5.74, 6) is -0.640. The first-order valence-electron chi connectivity index (χ1n) is 5.23. The molecule has 1 aromatic carbocycles. The number of hydrogen-bond donors (Lipinski definition) is 3. The molecule has 3 N–H and O–H groups in total. The fourth-order valence-electron chi connectivity index (χ4n) is 1.46. The number of nitrogens with one attached hydrogen (secondary N) is 3. The van der Waals surface area contributed by atoms with Crippen LogP contribution in [0, 0.1) is 11.3 Å². The van der Waals surface area contributed by atoms with Crippen molar-refractivity contribution in [3.8, 4) is 6.07 Å². The zero-order chi connectivity index (χ0) is 13.8. The maximum Gasteiger partial charge on any atom is 0.326 e. The van der Waals surface area contributed by atoms with Crippen LogP contribution in [0.25, 0.3) is 0 Å². The molecule has 1 aromatic heterocycles. The summed E-state index contributed by atoms with van der Waals surface area (Å²) < 4.78 is 0. The van der Waals surface area contributed by atoms with Gasteiger partial charge in [0.2, 0.25) is 0 Å². The van der Waals surface area contributed by atoms with E-state index in [-0.39, 0.29) is 5.69 Å². The molecule has 0 saturated carbocycles. The maximum absolute atomic E-state index is 11.8. The smallest absolute Gasteiger partial charge is 0.321 e. The molecule has 0 spiro atoms. The molecule has 0 aliphatic heterocycles. The van der Waals surface area contributed by atoms with Gasteiger partial charge < -0.3 is 10.3 Å². The van der Waals surface area contributed by atoms with E-state index < -0.39 is 17.2 Å². The van der Waals surface area contributed by atoms with E-state index in [9.17, 15) is 14.4 Å². The number of benzene rings is 1. The van der Waals surface area contributed by atoms with Gasteiger partial charge in [0, 0.05) is 11.8 Å². The Morgan fingerprint density at radius 3 is 2.68 bits per heavy atom. The molecule has 0 bridgehead atoms. The van der Waals surface area contributed by atoms with Crippen molar-refractivity contribution in [3.63, 3.8) is 0 Å². The van der Waals surface area contributed by atoms with E-state index in [1.807, 2.05) is 11.1 Å². The van der Waals surface area contributed by atoms with E-state index in [2.05, 4.69) is 10.3 Å². The highest BCUT2D eigenvalue weighted by Gasteiger charge is 2.08. The zero-order valence-electron chi connectivity index (χ0n) is 9.56. The number of carbonyl (C=O) groups is 1. The number of nitriles is 1. The predicted octanol–water partition coefficient (Wildman–Crippen LogP) is 0.187. The van der Waals surface area contributed by atoms with Crippen LogP contribution in [-0.2, 0) is 0 Å². The molecular formula is C12H8N4O3. The van der Waals surface area contributed by atoms with Crippen molar-refractivity contribution >= 4 is 11.6 Å². The lowest BCUT2D eigenvalue weighted by molar-refractivity contribution is 0.102. The standard InChI is InChI=1S/C12H8N4O3/c13-6-7-2-1-3-8(4-7)14-11(18)9-5-10(17)16-12(19)15-9/h1-5H,(H,14,18)(H2,15,16,17,19). The van der Waals surface area contributed by atoms with Gasteiger partial charge in [-0.05, 0) is 18.2 Å². The molecule has 0 unspecified atom stereocenters. The first-order chi connectivity index (χ1) is 9.08. The SMILES string of the molecule is N#Cc1cccc(NC(=O)c2cc(=O)[nH]c(=O)[nH]2)c1. The van der Waals surface area contributed by atoms with Crippen molar-refractivity contribution in [3.05, 3.63) is 62.4 Å². The van der Waals surface area contributed by atoms with E-state index >= 15 is 0 Å². The van der Waals surface area contributed by atoms with Gasteiger partial charge in [-0.25, -0.2) is 4.79 Å². The molecule has 94 valence electrons. The molecule has 7 heteroatoms. The molecule has 1 heterocycles. The number of aromatic nitrogens is 2. The third kappa shape index (κ3) is 2.95. The Morgan fingerprint density at radius 2 is 2.00 bits per heavy atom. The van der Waals surface area contributed by atoms with Crippen molar-refractivity contribution in [2.24, 2.45) is 0 Å². The van der Waals surface area contributed by atoms with E-state index in [0.29, 0.717) is 11.3 Å². The molecule has 7 nitrogen and oxygen atoms in total. The Kier molecular flexibility index (Phi) is 3.25. The third-order valence-corrected chi connectivity index (χ3v) is 2.25. The summed E-state index contributed by atoms with van der Waals surface area (Å²) in [5, 5.41) is 11.2. The first kappa shape index (κ1) is 12.3. The zero-order valence-corrected chi connectivity index (χ0v) is 9.56. The Balaban J connectivity index is 2.28. The minimum absolute atomic E-state index is 0.156. The van der Waals surface area contributed by atoms with Gasteiger partial charge in [-0.15, -0.1) is 0 Å². The van der Waals surface area contributed by atoms with Crippen LogP contribution in [0.4, 0.5) is 5.69 Å². The fraction of sp³-hybridized carbons (Fsp3) is 0. The van der Waals surface area contributed by atoms with Gasteiger partial charge in [0.05, 0.1) is 11.6 Å². The van der Waals surface area contributed by atoms with Crippen LogP contribution in [-0.4, -0.2) is 15.9 Å². The lowest BCUT2D eigenvalue weighted by Gasteiger charge is -2.04. The molecule has 0 radical (unpaired) electrons. The van der Waals surface area contributed by atoms with Gasteiger partial charge in [0.15, 0.2) is 0 Å². The molecule has 2 aromatic rings. The first-order valence-corrected chi connectivity index (χ1v) is 5.23. The minimum atomic E-state index is -0.761. The summed E-state index contributed by atoms with van der Waals surface area (Å²) >= 11 is 0. The largest absolute Gasteiger partial charge is 0.326 e. The van der Waals surface area contributed by atoms with E-state index in [1.54, 1.807) is 18.2 Å². The summed E-state index contributed by atoms with van der Waals surface area (Å²) in [6.07, 6.45) is 0. The lowest BCUT2D eigenvalue weighted by Crippen LogP contribution is -2.27. The number of aromatic amines is 2. The van der Waals surface area contributed by atoms with E-state index in [1.165, 1.54) is 6.07 Å². The number of carbonyl (C=O) groups excluding carboxylic acids is 1. The van der Waals surface area contributed by atoms with E-state index in [4.69, 9.17) is 5.26 Å². The van der Waals surface area contributed by atoms with Crippen LogP contribution in [0.15, 0.2) is 39.9 Å². The second kappa shape index (κ2) is 5.01. The number of rotatable bonds is 2. The highest BCUT2D eigenvalue weighted by molar-refractivity contribution is 6.02. The quantitative estimate of drug-likeness (QED) is 0.710. The molecular weight excluding hydrogens is 248 g/mol. The Hall–Kier alpha value is -3.14. The molecule has 19 heavy (non-hydrogen) atoms. The van der Waals surface area contributed by atoms with Gasteiger partial charge in [-0.3, -0.25) is 14.6 Å². The summed E-state index contributed by atoms with van der Waals surface area (Å²) in [4.78, 5) is 38.1. The Labute approximate surface area is 106 Å². The predicted molar refractivity (Wildman–Crippen MR) is 66.8 cm³/mol. The Morgan fingerprint density at radius 1 is 1.21 bits per heavy atom. The second-order valence-corrected chi connectivity index (χ2v) is 3.65. The van der Waals surface area contributed by atoms with Crippen LogP contribution >= 0.6 is 0 Å². The summed E-state index contributed by atoms with van der Waals surface area (Å²) in [7, 11) is 0. The fourth-order valence-corrected chi connectivity index (χ4v) is 1.46. The number of amides is 1. The topological polar surface area (TPSA) is 119 Å². The number of H-pyrrole nitrogens is 2. The van der Waals surface area contributed by atoms with Gasteiger partial charge in [0.1, 0.15) is 5.69 Å². The van der Waals surface area contributed by atoms with Crippen molar-refractivity contribution in [2.75, 3.05) is 5.32 Å². The average Bonchev–Trinajstić information content (AvgIpc) is 2.37. The number of hydrogen-bond acceptors (Lipinski definition) is 4. The van der Waals surface area contributed by atoms with Crippen molar-refractivity contribution in [1.29, 1.82) is 5.26 Å². The molecule has 1 amide bonds. The van der Waals surface area contributed by atoms with Gasteiger partial charge in [-0.2, -0.15) is 5.26 Å². The van der Waals surface area contributed by atoms with Crippen LogP contribution in [0.1, 0.15) is 16.1 Å². The highest BCUT2D eigenvalue weighted by atomic mass is 16.2. The van der Waals surface area contributed by atoms with Crippen molar-refractivity contribution < 1.29 is 4.79 Å². The van der Waals surface area contributed by atoms with Crippen LogP contribution in [0.2, 0.25) is 0 Å². The molecule has 0 aliphatic carbocycles. The molecule has 0 fully saturated rings. The van der Waals surface area contributed by atoms with E-state index in [0.717, 1.165) is 6.07 Å². The highest BCUT2D eigenvalue weighted by Crippen LogP contribution is 2.10. The van der Waals surface area contributed by atoms with Crippen molar-refractivity contribution in [2.45, 2.75) is 0 Å². The molecule has 0 atom stereocenters. The molecule has 2 rings (SSSR count). The van der Waals surface area contributed by atoms with Crippen LogP contribution in [0.5, 0.6) is 0 Å². The maximum atomic E-state index is 11.8. The van der Waals surface area contributed by atoms with Gasteiger partial charge in [0.25, 0.3) is 11.5 Å². The summed E-state index contributed by atoms with van der Waals surface area (Å²) in [6, 6.07) is 9.17. The summed E-state index contributed by atoms with van der Waals surface area (Å²) in [6.45, 7) is 0. The van der Waals surface area contributed by atoms with Gasteiger partial charge in [-0.1, -0.05) is 6.07 Å². The van der Waals surface area contributed by atoms with Crippen LogP contribution in [0.3, 0.4) is 0 Å². The third-order valence-electron chi connectivity index (χ3n) is 2.25. The van der Waals surface area contributed by atoms with Crippen molar-refractivity contribution in [1.82, 2.24) is 9.97 Å². The second-order valence-electron chi connectivity index (χ2n) is 3.65.